The summed E-state index contributed by atoms with van der Waals surface area (Å²) in [6, 6.07) is 6.79. The minimum Gasteiger partial charge on any atom is -0.374 e. The van der Waals surface area contributed by atoms with Crippen LogP contribution in [0.15, 0.2) is 24.3 Å². The van der Waals surface area contributed by atoms with Gasteiger partial charge in [0.15, 0.2) is 0 Å². The average Bonchev–Trinajstić information content (AvgIpc) is 2.76. The lowest BCUT2D eigenvalue weighted by atomic mass is 9.95. The van der Waals surface area contributed by atoms with Crippen molar-refractivity contribution in [1.29, 1.82) is 0 Å². The van der Waals surface area contributed by atoms with Crippen LogP contribution in [0.25, 0.3) is 0 Å². The van der Waals surface area contributed by atoms with Crippen molar-refractivity contribution in [3.05, 3.63) is 30.1 Å². The third-order valence-corrected chi connectivity index (χ3v) is 3.88. The molecule has 2 atom stereocenters. The number of hydrogen-bond acceptors (Lipinski definition) is 2. The van der Waals surface area contributed by atoms with Crippen molar-refractivity contribution in [1.82, 2.24) is 0 Å². The van der Waals surface area contributed by atoms with Crippen LogP contribution in [0, 0.1) is 17.7 Å². The fraction of sp³-hybridized carbons (Fsp3) is 0.571. The van der Waals surface area contributed by atoms with Crippen LogP contribution >= 0.6 is 0 Å². The molecule has 2 rings (SSSR count). The Morgan fingerprint density at radius 3 is 2.82 bits per heavy atom. The van der Waals surface area contributed by atoms with Crippen molar-refractivity contribution in [2.75, 3.05) is 25.0 Å². The minimum absolute atomic E-state index is 0.170. The molecule has 1 aliphatic carbocycles. The number of anilines is 1. The molecule has 0 bridgehead atoms. The zero-order valence-electron chi connectivity index (χ0n) is 10.4. The van der Waals surface area contributed by atoms with Crippen molar-refractivity contribution in [3.8, 4) is 0 Å². The van der Waals surface area contributed by atoms with Gasteiger partial charge in [0.05, 0.1) is 0 Å². The molecule has 2 N–H and O–H groups in total. The maximum absolute atomic E-state index is 13.1. The maximum Gasteiger partial charge on any atom is 0.125 e. The van der Waals surface area contributed by atoms with Crippen molar-refractivity contribution in [2.45, 2.75) is 19.3 Å². The average molecular weight is 236 g/mol. The summed E-state index contributed by atoms with van der Waals surface area (Å²) < 4.78 is 13.1. The Labute approximate surface area is 103 Å². The van der Waals surface area contributed by atoms with E-state index in [2.05, 4.69) is 4.90 Å². The molecule has 1 aromatic carbocycles. The van der Waals surface area contributed by atoms with Crippen LogP contribution < -0.4 is 10.6 Å². The predicted molar refractivity (Wildman–Crippen MR) is 69.6 cm³/mol. The van der Waals surface area contributed by atoms with E-state index in [1.54, 1.807) is 12.1 Å². The van der Waals surface area contributed by atoms with Gasteiger partial charge in [0, 0.05) is 19.3 Å². The molecule has 3 heteroatoms. The topological polar surface area (TPSA) is 29.3 Å². The van der Waals surface area contributed by atoms with E-state index in [-0.39, 0.29) is 5.82 Å². The molecular weight excluding hydrogens is 215 g/mol. The molecule has 0 radical (unpaired) electrons. The zero-order chi connectivity index (χ0) is 12.3. The summed E-state index contributed by atoms with van der Waals surface area (Å²) in [4.78, 5) is 2.14. The fourth-order valence-electron chi connectivity index (χ4n) is 2.84. The Morgan fingerprint density at radius 2 is 2.12 bits per heavy atom. The molecule has 1 aliphatic rings. The maximum atomic E-state index is 13.1. The van der Waals surface area contributed by atoms with Crippen LogP contribution in [0.4, 0.5) is 10.1 Å². The molecule has 0 heterocycles. The summed E-state index contributed by atoms with van der Waals surface area (Å²) in [5.74, 6) is 1.13. The molecule has 1 aromatic rings. The lowest BCUT2D eigenvalue weighted by molar-refractivity contribution is 0.400. The van der Waals surface area contributed by atoms with Crippen LogP contribution in [0.2, 0.25) is 0 Å². The zero-order valence-corrected chi connectivity index (χ0v) is 10.4. The number of benzene rings is 1. The Kier molecular flexibility index (Phi) is 4.00. The lowest BCUT2D eigenvalue weighted by Crippen LogP contribution is -2.30. The van der Waals surface area contributed by atoms with Crippen LogP contribution in [-0.2, 0) is 0 Å². The van der Waals surface area contributed by atoms with E-state index in [1.807, 2.05) is 13.1 Å². The number of nitrogens with two attached hydrogens (primary N) is 1. The predicted octanol–water partition coefficient (Wildman–Crippen LogP) is 2.64. The largest absolute Gasteiger partial charge is 0.374 e. The highest BCUT2D eigenvalue weighted by atomic mass is 19.1. The summed E-state index contributed by atoms with van der Waals surface area (Å²) in [5, 5.41) is 0. The first-order chi connectivity index (χ1) is 8.20. The molecule has 17 heavy (non-hydrogen) atoms. The molecule has 0 aliphatic heterocycles. The van der Waals surface area contributed by atoms with Gasteiger partial charge in [-0.2, -0.15) is 0 Å². The van der Waals surface area contributed by atoms with Crippen molar-refractivity contribution < 1.29 is 4.39 Å². The van der Waals surface area contributed by atoms with E-state index in [9.17, 15) is 4.39 Å². The molecule has 2 nitrogen and oxygen atoms in total. The van der Waals surface area contributed by atoms with E-state index >= 15 is 0 Å². The van der Waals surface area contributed by atoms with Gasteiger partial charge in [0.25, 0.3) is 0 Å². The van der Waals surface area contributed by atoms with Gasteiger partial charge in [-0.1, -0.05) is 12.5 Å². The Morgan fingerprint density at radius 1 is 1.35 bits per heavy atom. The van der Waals surface area contributed by atoms with E-state index in [1.165, 1.54) is 25.3 Å². The number of hydrogen-bond donors (Lipinski definition) is 1. The molecular formula is C14H21FN2. The number of halogens is 1. The first-order valence-electron chi connectivity index (χ1n) is 6.37. The molecule has 0 saturated heterocycles. The van der Waals surface area contributed by atoms with E-state index < -0.39 is 0 Å². The van der Waals surface area contributed by atoms with Crippen LogP contribution in [0.3, 0.4) is 0 Å². The first kappa shape index (κ1) is 12.4. The SMILES string of the molecule is CN(CC1CCCC1CN)c1cccc(F)c1. The van der Waals surface area contributed by atoms with E-state index in [4.69, 9.17) is 5.73 Å². The monoisotopic (exact) mass is 236 g/mol. The summed E-state index contributed by atoms with van der Waals surface area (Å²) >= 11 is 0. The molecule has 2 unspecified atom stereocenters. The lowest BCUT2D eigenvalue weighted by Gasteiger charge is -2.26. The molecule has 0 amide bonds. The minimum atomic E-state index is -0.170. The highest BCUT2D eigenvalue weighted by Gasteiger charge is 2.26. The molecule has 94 valence electrons. The summed E-state index contributed by atoms with van der Waals surface area (Å²) in [6.07, 6.45) is 3.78. The second kappa shape index (κ2) is 5.50. The van der Waals surface area contributed by atoms with Gasteiger partial charge >= 0.3 is 0 Å². The van der Waals surface area contributed by atoms with Crippen LogP contribution in [0.1, 0.15) is 19.3 Å². The highest BCUT2D eigenvalue weighted by molar-refractivity contribution is 5.45. The molecule has 1 saturated carbocycles. The quantitative estimate of drug-likeness (QED) is 0.870. The third-order valence-electron chi connectivity index (χ3n) is 3.88. The second-order valence-electron chi connectivity index (χ2n) is 5.05. The third kappa shape index (κ3) is 2.97. The highest BCUT2D eigenvalue weighted by Crippen LogP contribution is 2.32. The Hall–Kier alpha value is -1.09. The fourth-order valence-corrected chi connectivity index (χ4v) is 2.84. The second-order valence-corrected chi connectivity index (χ2v) is 5.05. The molecule has 0 spiro atoms. The number of nitrogens with zero attached hydrogens (tertiary/aromatic N) is 1. The van der Waals surface area contributed by atoms with Crippen molar-refractivity contribution in [3.63, 3.8) is 0 Å². The van der Waals surface area contributed by atoms with Gasteiger partial charge in [-0.05, 0) is 49.4 Å². The Balaban J connectivity index is 1.99. The van der Waals surface area contributed by atoms with Crippen LogP contribution in [-0.4, -0.2) is 20.1 Å². The first-order valence-corrected chi connectivity index (χ1v) is 6.37. The van der Waals surface area contributed by atoms with Gasteiger partial charge in [-0.15, -0.1) is 0 Å². The van der Waals surface area contributed by atoms with Crippen LogP contribution in [0.5, 0.6) is 0 Å². The smallest absolute Gasteiger partial charge is 0.125 e. The van der Waals surface area contributed by atoms with Gasteiger partial charge in [0.2, 0.25) is 0 Å². The normalized spacial score (nSPS) is 23.9. The molecule has 0 aromatic heterocycles. The Bertz CT molecular complexity index is 367. The summed E-state index contributed by atoms with van der Waals surface area (Å²) in [5.41, 5.74) is 6.74. The van der Waals surface area contributed by atoms with Gasteiger partial charge in [0.1, 0.15) is 5.82 Å². The van der Waals surface area contributed by atoms with E-state index in [0.29, 0.717) is 11.8 Å². The molecule has 1 fully saturated rings. The van der Waals surface area contributed by atoms with Crippen molar-refractivity contribution >= 4 is 5.69 Å². The summed E-state index contributed by atoms with van der Waals surface area (Å²) in [6.45, 7) is 1.76. The van der Waals surface area contributed by atoms with Gasteiger partial charge < -0.3 is 10.6 Å². The van der Waals surface area contributed by atoms with E-state index in [0.717, 1.165) is 18.8 Å². The standard InChI is InChI=1S/C14H21FN2/c1-17(14-7-3-6-13(15)8-14)10-12-5-2-4-11(12)9-16/h3,6-8,11-12H,2,4-5,9-10,16H2,1H3. The van der Waals surface area contributed by atoms with Gasteiger partial charge in [-0.3, -0.25) is 0 Å². The van der Waals surface area contributed by atoms with Crippen molar-refractivity contribution in [2.24, 2.45) is 17.6 Å². The summed E-state index contributed by atoms with van der Waals surface area (Å²) in [7, 11) is 2.03. The van der Waals surface area contributed by atoms with Gasteiger partial charge in [-0.25, -0.2) is 4.39 Å². The number of rotatable bonds is 4.